The fourth-order valence-corrected chi connectivity index (χ4v) is 1.29. The first kappa shape index (κ1) is 9.53. The summed E-state index contributed by atoms with van der Waals surface area (Å²) < 4.78 is 13.1. The van der Waals surface area contributed by atoms with Crippen LogP contribution in [0.2, 0.25) is 5.02 Å². The van der Waals surface area contributed by atoms with Gasteiger partial charge >= 0.3 is 0 Å². The molecule has 1 aromatic rings. The monoisotopic (exact) mass is 186 g/mol. The molecule has 0 spiro atoms. The summed E-state index contributed by atoms with van der Waals surface area (Å²) in [7, 11) is 0. The summed E-state index contributed by atoms with van der Waals surface area (Å²) in [6, 6.07) is 4.83. The van der Waals surface area contributed by atoms with Crippen molar-refractivity contribution in [2.45, 2.75) is 20.3 Å². The van der Waals surface area contributed by atoms with E-state index < -0.39 is 0 Å². The lowest BCUT2D eigenvalue weighted by Gasteiger charge is -2.05. The van der Waals surface area contributed by atoms with Gasteiger partial charge in [0, 0.05) is 5.02 Å². The quantitative estimate of drug-likeness (QED) is 0.661. The van der Waals surface area contributed by atoms with E-state index >= 15 is 0 Å². The standard InChI is InChI=1S/C10H12ClF/c1-7(2)5-8-3-4-9(11)6-10(8)12/h3-4,6-7H,5H2,1-2H3. The minimum atomic E-state index is -0.198. The van der Waals surface area contributed by atoms with E-state index in [-0.39, 0.29) is 5.82 Å². The molecule has 66 valence electrons. The van der Waals surface area contributed by atoms with Crippen molar-refractivity contribution in [3.8, 4) is 0 Å². The zero-order valence-electron chi connectivity index (χ0n) is 7.27. The van der Waals surface area contributed by atoms with Gasteiger partial charge in [0.05, 0.1) is 0 Å². The molecule has 0 saturated heterocycles. The fourth-order valence-electron chi connectivity index (χ4n) is 1.13. The average molecular weight is 187 g/mol. The molecule has 0 amide bonds. The topological polar surface area (TPSA) is 0 Å². The Morgan fingerprint density at radius 1 is 1.42 bits per heavy atom. The lowest BCUT2D eigenvalue weighted by molar-refractivity contribution is 0.574. The zero-order valence-corrected chi connectivity index (χ0v) is 8.03. The van der Waals surface area contributed by atoms with Gasteiger partial charge in [-0.25, -0.2) is 4.39 Å². The molecule has 0 aliphatic heterocycles. The molecule has 0 radical (unpaired) electrons. The summed E-state index contributed by atoms with van der Waals surface area (Å²) in [5.74, 6) is 0.275. The average Bonchev–Trinajstić information content (AvgIpc) is 1.94. The maximum absolute atomic E-state index is 13.1. The van der Waals surface area contributed by atoms with Gasteiger partial charge in [-0.1, -0.05) is 31.5 Å². The van der Waals surface area contributed by atoms with Gasteiger partial charge in [0.25, 0.3) is 0 Å². The van der Waals surface area contributed by atoms with Gasteiger partial charge in [0.1, 0.15) is 5.82 Å². The molecule has 0 atom stereocenters. The molecule has 0 bridgehead atoms. The maximum Gasteiger partial charge on any atom is 0.127 e. The highest BCUT2D eigenvalue weighted by Gasteiger charge is 2.04. The summed E-state index contributed by atoms with van der Waals surface area (Å²) in [5, 5.41) is 0.458. The molecular weight excluding hydrogens is 175 g/mol. The minimum absolute atomic E-state index is 0.198. The van der Waals surface area contributed by atoms with Crippen LogP contribution in [0.4, 0.5) is 4.39 Å². The third-order valence-corrected chi connectivity index (χ3v) is 1.88. The van der Waals surface area contributed by atoms with Crippen LogP contribution in [-0.2, 0) is 6.42 Å². The molecule has 2 heteroatoms. The van der Waals surface area contributed by atoms with Gasteiger partial charge < -0.3 is 0 Å². The number of halogens is 2. The van der Waals surface area contributed by atoms with Crippen molar-refractivity contribution in [1.82, 2.24) is 0 Å². The zero-order chi connectivity index (χ0) is 9.14. The van der Waals surface area contributed by atoms with E-state index in [4.69, 9.17) is 11.6 Å². The molecule has 1 aromatic carbocycles. The molecule has 0 N–H and O–H groups in total. The number of benzene rings is 1. The highest BCUT2D eigenvalue weighted by molar-refractivity contribution is 6.30. The Hall–Kier alpha value is -0.560. The third-order valence-electron chi connectivity index (χ3n) is 1.64. The SMILES string of the molecule is CC(C)Cc1ccc(Cl)cc1F. The minimum Gasteiger partial charge on any atom is -0.207 e. The smallest absolute Gasteiger partial charge is 0.127 e. The summed E-state index contributed by atoms with van der Waals surface area (Å²) in [6.07, 6.45) is 0.767. The van der Waals surface area contributed by atoms with E-state index in [1.165, 1.54) is 6.07 Å². The molecule has 0 aliphatic rings. The van der Waals surface area contributed by atoms with E-state index in [2.05, 4.69) is 13.8 Å². The highest BCUT2D eigenvalue weighted by atomic mass is 35.5. The Kier molecular flexibility index (Phi) is 3.10. The van der Waals surface area contributed by atoms with Crippen molar-refractivity contribution in [3.05, 3.63) is 34.6 Å². The Labute approximate surface area is 77.4 Å². The second kappa shape index (κ2) is 3.90. The molecule has 0 nitrogen and oxygen atoms in total. The largest absolute Gasteiger partial charge is 0.207 e. The Bertz CT molecular complexity index is 269. The van der Waals surface area contributed by atoms with Crippen LogP contribution in [0.15, 0.2) is 18.2 Å². The number of hydrogen-bond donors (Lipinski definition) is 0. The fraction of sp³-hybridized carbons (Fsp3) is 0.400. The second-order valence-electron chi connectivity index (χ2n) is 3.33. The van der Waals surface area contributed by atoms with E-state index in [0.717, 1.165) is 12.0 Å². The van der Waals surface area contributed by atoms with Crippen LogP contribution in [0.5, 0.6) is 0 Å². The Morgan fingerprint density at radius 2 is 2.08 bits per heavy atom. The van der Waals surface area contributed by atoms with Crippen LogP contribution in [0.1, 0.15) is 19.4 Å². The van der Waals surface area contributed by atoms with Crippen molar-refractivity contribution in [2.75, 3.05) is 0 Å². The molecule has 12 heavy (non-hydrogen) atoms. The molecular formula is C10H12ClF. The lowest BCUT2D eigenvalue weighted by Crippen LogP contribution is -1.96. The van der Waals surface area contributed by atoms with Crippen molar-refractivity contribution >= 4 is 11.6 Å². The number of hydrogen-bond acceptors (Lipinski definition) is 0. The van der Waals surface area contributed by atoms with Gasteiger partial charge in [-0.3, -0.25) is 0 Å². The summed E-state index contributed by atoms with van der Waals surface area (Å²) in [4.78, 5) is 0. The van der Waals surface area contributed by atoms with E-state index in [9.17, 15) is 4.39 Å². The molecule has 0 fully saturated rings. The van der Waals surface area contributed by atoms with Crippen LogP contribution in [0.3, 0.4) is 0 Å². The van der Waals surface area contributed by atoms with Crippen LogP contribution in [-0.4, -0.2) is 0 Å². The first-order valence-corrected chi connectivity index (χ1v) is 4.41. The van der Waals surface area contributed by atoms with Crippen LogP contribution in [0.25, 0.3) is 0 Å². The van der Waals surface area contributed by atoms with Crippen molar-refractivity contribution in [2.24, 2.45) is 5.92 Å². The van der Waals surface area contributed by atoms with Crippen LogP contribution in [0, 0.1) is 11.7 Å². The van der Waals surface area contributed by atoms with Crippen molar-refractivity contribution < 1.29 is 4.39 Å². The predicted octanol–water partition coefficient (Wildman–Crippen LogP) is 3.68. The highest BCUT2D eigenvalue weighted by Crippen LogP contribution is 2.17. The van der Waals surface area contributed by atoms with Crippen LogP contribution >= 0.6 is 11.6 Å². The van der Waals surface area contributed by atoms with E-state index in [1.807, 2.05) is 0 Å². The van der Waals surface area contributed by atoms with Gasteiger partial charge in [0.2, 0.25) is 0 Å². The molecule has 1 rings (SSSR count). The Morgan fingerprint density at radius 3 is 2.58 bits per heavy atom. The summed E-state index contributed by atoms with van der Waals surface area (Å²) >= 11 is 5.61. The lowest BCUT2D eigenvalue weighted by atomic mass is 10.0. The molecule has 0 aromatic heterocycles. The second-order valence-corrected chi connectivity index (χ2v) is 3.77. The molecule has 0 aliphatic carbocycles. The predicted molar refractivity (Wildman–Crippen MR) is 50.0 cm³/mol. The van der Waals surface area contributed by atoms with E-state index in [1.54, 1.807) is 12.1 Å². The van der Waals surface area contributed by atoms with Gasteiger partial charge in [0.15, 0.2) is 0 Å². The van der Waals surface area contributed by atoms with Gasteiger partial charge in [-0.15, -0.1) is 0 Å². The van der Waals surface area contributed by atoms with E-state index in [0.29, 0.717) is 10.9 Å². The summed E-state index contributed by atoms with van der Waals surface area (Å²) in [6.45, 7) is 4.13. The summed E-state index contributed by atoms with van der Waals surface area (Å²) in [5.41, 5.74) is 0.745. The van der Waals surface area contributed by atoms with Gasteiger partial charge in [-0.2, -0.15) is 0 Å². The maximum atomic E-state index is 13.1. The van der Waals surface area contributed by atoms with Crippen molar-refractivity contribution in [1.29, 1.82) is 0 Å². The van der Waals surface area contributed by atoms with Crippen LogP contribution < -0.4 is 0 Å². The normalized spacial score (nSPS) is 10.8. The Balaban J connectivity index is 2.86. The molecule has 0 saturated carbocycles. The molecule has 0 heterocycles. The molecule has 0 unspecified atom stereocenters. The van der Waals surface area contributed by atoms with Crippen molar-refractivity contribution in [3.63, 3.8) is 0 Å². The number of rotatable bonds is 2. The van der Waals surface area contributed by atoms with Gasteiger partial charge in [-0.05, 0) is 30.0 Å². The first-order valence-electron chi connectivity index (χ1n) is 4.03. The first-order chi connectivity index (χ1) is 5.59. The third kappa shape index (κ3) is 2.49.